The molecule has 132 valence electrons. The van der Waals surface area contributed by atoms with Crippen molar-refractivity contribution in [1.82, 2.24) is 4.98 Å². The van der Waals surface area contributed by atoms with Crippen molar-refractivity contribution in [3.63, 3.8) is 0 Å². The quantitative estimate of drug-likeness (QED) is 0.590. The molecule has 1 fully saturated rings. The number of hydrogen-bond donors (Lipinski definition) is 0. The minimum atomic E-state index is -0.232. The van der Waals surface area contributed by atoms with E-state index in [9.17, 15) is 8.78 Å². The van der Waals surface area contributed by atoms with Crippen LogP contribution < -0.4 is 4.90 Å². The second-order valence-corrected chi connectivity index (χ2v) is 6.66. The Labute approximate surface area is 152 Å². The molecular formula is C22H20F2N2. The third kappa shape index (κ3) is 3.32. The monoisotopic (exact) mass is 350 g/mol. The van der Waals surface area contributed by atoms with E-state index < -0.39 is 0 Å². The topological polar surface area (TPSA) is 16.1 Å². The van der Waals surface area contributed by atoms with E-state index >= 15 is 0 Å². The molecular weight excluding hydrogens is 330 g/mol. The molecule has 2 aromatic carbocycles. The molecule has 0 bridgehead atoms. The zero-order valence-corrected chi connectivity index (χ0v) is 14.4. The minimum absolute atomic E-state index is 0.106. The van der Waals surface area contributed by atoms with E-state index in [2.05, 4.69) is 9.88 Å². The summed E-state index contributed by atoms with van der Waals surface area (Å²) in [4.78, 5) is 6.86. The SMILES string of the molecule is Fc1ccc(C2CCCC(c3ccc(F)cc3)N2c2ccccn2)cc1. The number of hydrogen-bond acceptors (Lipinski definition) is 2. The van der Waals surface area contributed by atoms with Crippen LogP contribution in [0.4, 0.5) is 14.6 Å². The maximum Gasteiger partial charge on any atom is 0.129 e. The van der Waals surface area contributed by atoms with Gasteiger partial charge < -0.3 is 4.90 Å². The summed E-state index contributed by atoms with van der Waals surface area (Å²) in [5.41, 5.74) is 2.15. The van der Waals surface area contributed by atoms with Gasteiger partial charge in [-0.2, -0.15) is 0 Å². The molecule has 2 heterocycles. The van der Waals surface area contributed by atoms with Crippen LogP contribution in [0.2, 0.25) is 0 Å². The summed E-state index contributed by atoms with van der Waals surface area (Å²) < 4.78 is 26.8. The van der Waals surface area contributed by atoms with Crippen molar-refractivity contribution in [2.75, 3.05) is 4.90 Å². The average Bonchev–Trinajstić information content (AvgIpc) is 2.69. The standard InChI is InChI=1S/C22H20F2N2/c23-18-11-7-16(8-12-18)20-4-3-5-21(17-9-13-19(24)14-10-17)26(20)22-6-1-2-15-25-22/h1-2,6-15,20-21H,3-5H2. The highest BCUT2D eigenvalue weighted by Crippen LogP contribution is 2.43. The summed E-state index contributed by atoms with van der Waals surface area (Å²) in [6, 6.07) is 19.5. The lowest BCUT2D eigenvalue weighted by Crippen LogP contribution is -2.37. The highest BCUT2D eigenvalue weighted by molar-refractivity contribution is 5.47. The summed E-state index contributed by atoms with van der Waals surface area (Å²) in [5, 5.41) is 0. The number of pyridine rings is 1. The van der Waals surface area contributed by atoms with E-state index in [-0.39, 0.29) is 23.7 Å². The van der Waals surface area contributed by atoms with Crippen LogP contribution in [-0.4, -0.2) is 4.98 Å². The van der Waals surface area contributed by atoms with Crippen LogP contribution in [0.5, 0.6) is 0 Å². The molecule has 0 aliphatic carbocycles. The van der Waals surface area contributed by atoms with Crippen molar-refractivity contribution in [1.29, 1.82) is 0 Å². The zero-order chi connectivity index (χ0) is 17.9. The van der Waals surface area contributed by atoms with Crippen molar-refractivity contribution < 1.29 is 8.78 Å². The van der Waals surface area contributed by atoms with Crippen LogP contribution in [0.3, 0.4) is 0 Å². The Balaban J connectivity index is 1.77. The van der Waals surface area contributed by atoms with Crippen molar-refractivity contribution >= 4 is 5.82 Å². The number of benzene rings is 2. The van der Waals surface area contributed by atoms with E-state index in [0.29, 0.717) is 0 Å². The normalized spacial score (nSPS) is 20.2. The van der Waals surface area contributed by atoms with Crippen molar-refractivity contribution in [2.45, 2.75) is 31.3 Å². The summed E-state index contributed by atoms with van der Waals surface area (Å²) >= 11 is 0. The first kappa shape index (κ1) is 16.7. The van der Waals surface area contributed by atoms with Crippen LogP contribution in [0.1, 0.15) is 42.5 Å². The van der Waals surface area contributed by atoms with Gasteiger partial charge in [0.15, 0.2) is 0 Å². The largest absolute Gasteiger partial charge is 0.343 e. The second kappa shape index (κ2) is 7.24. The lowest BCUT2D eigenvalue weighted by Gasteiger charge is -2.43. The molecule has 0 spiro atoms. The van der Waals surface area contributed by atoms with E-state index in [1.807, 2.05) is 42.5 Å². The molecule has 2 atom stereocenters. The molecule has 1 aliphatic rings. The molecule has 0 amide bonds. The Kier molecular flexibility index (Phi) is 4.65. The van der Waals surface area contributed by atoms with Gasteiger partial charge in [-0.1, -0.05) is 30.3 Å². The predicted molar refractivity (Wildman–Crippen MR) is 98.8 cm³/mol. The molecule has 1 aromatic heterocycles. The number of nitrogens with zero attached hydrogens (tertiary/aromatic N) is 2. The summed E-state index contributed by atoms with van der Waals surface area (Å²) in [7, 11) is 0. The van der Waals surface area contributed by atoms with Crippen LogP contribution in [0.15, 0.2) is 72.9 Å². The third-order valence-electron chi connectivity index (χ3n) is 5.05. The molecule has 0 N–H and O–H groups in total. The molecule has 0 saturated carbocycles. The fourth-order valence-corrected chi connectivity index (χ4v) is 3.85. The fourth-order valence-electron chi connectivity index (χ4n) is 3.85. The summed E-state index contributed by atoms with van der Waals surface area (Å²) in [6.45, 7) is 0. The highest BCUT2D eigenvalue weighted by atomic mass is 19.1. The van der Waals surface area contributed by atoms with Gasteiger partial charge in [0.25, 0.3) is 0 Å². The van der Waals surface area contributed by atoms with E-state index in [1.54, 1.807) is 6.20 Å². The number of piperidine rings is 1. The first-order valence-electron chi connectivity index (χ1n) is 8.93. The van der Waals surface area contributed by atoms with E-state index in [0.717, 1.165) is 36.2 Å². The fraction of sp³-hybridized carbons (Fsp3) is 0.227. The molecule has 2 unspecified atom stereocenters. The Bertz CT molecular complexity index is 794. The molecule has 1 aliphatic heterocycles. The number of halogens is 2. The maximum absolute atomic E-state index is 13.4. The Morgan fingerprint density at radius 2 is 1.27 bits per heavy atom. The molecule has 26 heavy (non-hydrogen) atoms. The Morgan fingerprint density at radius 3 is 1.73 bits per heavy atom. The molecule has 2 nitrogen and oxygen atoms in total. The summed E-state index contributed by atoms with van der Waals surface area (Å²) in [5.74, 6) is 0.420. The smallest absolute Gasteiger partial charge is 0.129 e. The second-order valence-electron chi connectivity index (χ2n) is 6.66. The molecule has 4 heteroatoms. The van der Waals surface area contributed by atoms with Crippen LogP contribution in [-0.2, 0) is 0 Å². The highest BCUT2D eigenvalue weighted by Gasteiger charge is 2.33. The molecule has 0 radical (unpaired) electrons. The predicted octanol–water partition coefficient (Wildman–Crippen LogP) is 5.83. The van der Waals surface area contributed by atoms with Gasteiger partial charge >= 0.3 is 0 Å². The van der Waals surface area contributed by atoms with Crippen molar-refractivity contribution in [2.24, 2.45) is 0 Å². The Hall–Kier alpha value is -2.75. The molecule has 1 saturated heterocycles. The van der Waals surface area contributed by atoms with Crippen LogP contribution >= 0.6 is 0 Å². The minimum Gasteiger partial charge on any atom is -0.343 e. The lowest BCUT2D eigenvalue weighted by molar-refractivity contribution is 0.390. The van der Waals surface area contributed by atoms with Gasteiger partial charge in [-0.15, -0.1) is 0 Å². The van der Waals surface area contributed by atoms with Crippen LogP contribution in [0, 0.1) is 11.6 Å². The van der Waals surface area contributed by atoms with Gasteiger partial charge in [0.2, 0.25) is 0 Å². The van der Waals surface area contributed by atoms with Crippen molar-refractivity contribution in [3.05, 3.63) is 95.7 Å². The van der Waals surface area contributed by atoms with Gasteiger partial charge in [0, 0.05) is 6.20 Å². The Morgan fingerprint density at radius 1 is 0.731 bits per heavy atom. The number of anilines is 1. The molecule has 3 aromatic rings. The zero-order valence-electron chi connectivity index (χ0n) is 14.4. The van der Waals surface area contributed by atoms with Gasteiger partial charge in [0.05, 0.1) is 12.1 Å². The van der Waals surface area contributed by atoms with Gasteiger partial charge in [-0.25, -0.2) is 13.8 Å². The van der Waals surface area contributed by atoms with Crippen LogP contribution in [0.25, 0.3) is 0 Å². The number of aromatic nitrogens is 1. The first-order chi connectivity index (χ1) is 12.7. The lowest BCUT2D eigenvalue weighted by atomic mass is 9.87. The third-order valence-corrected chi connectivity index (χ3v) is 5.05. The first-order valence-corrected chi connectivity index (χ1v) is 8.93. The summed E-state index contributed by atoms with van der Waals surface area (Å²) in [6.07, 6.45) is 4.78. The maximum atomic E-state index is 13.4. The van der Waals surface area contributed by atoms with Crippen molar-refractivity contribution in [3.8, 4) is 0 Å². The van der Waals surface area contributed by atoms with E-state index in [4.69, 9.17) is 0 Å². The van der Waals surface area contributed by atoms with Gasteiger partial charge in [0.1, 0.15) is 17.5 Å². The number of rotatable bonds is 3. The molecule has 4 rings (SSSR count). The van der Waals surface area contributed by atoms with Gasteiger partial charge in [-0.3, -0.25) is 0 Å². The average molecular weight is 350 g/mol. The van der Waals surface area contributed by atoms with E-state index in [1.165, 1.54) is 24.3 Å². The van der Waals surface area contributed by atoms with Gasteiger partial charge in [-0.05, 0) is 66.8 Å².